The van der Waals surface area contributed by atoms with Gasteiger partial charge in [0.2, 0.25) is 11.9 Å². The number of hydrogen-bond donors (Lipinski definition) is 1. The van der Waals surface area contributed by atoms with Gasteiger partial charge in [0.05, 0.1) is 0 Å². The predicted molar refractivity (Wildman–Crippen MR) is 59.1 cm³/mol. The fourth-order valence-corrected chi connectivity index (χ4v) is 1.09. The lowest BCUT2D eigenvalue weighted by Gasteiger charge is -1.97. The summed E-state index contributed by atoms with van der Waals surface area (Å²) in [6.45, 7) is 3.79. The van der Waals surface area contributed by atoms with Crippen LogP contribution in [-0.4, -0.2) is 17.4 Å². The number of rotatable bonds is 2. The third kappa shape index (κ3) is 4.09. The molecule has 4 heteroatoms. The van der Waals surface area contributed by atoms with Gasteiger partial charge in [0.15, 0.2) is 0 Å². The third-order valence-corrected chi connectivity index (χ3v) is 1.92. The Hall–Kier alpha value is -1.89. The van der Waals surface area contributed by atoms with Gasteiger partial charge in [-0.3, -0.25) is 4.79 Å². The highest BCUT2D eigenvalue weighted by molar-refractivity contribution is 5.72. The SMILES string of the molecule is CC(=O)NCCC#Cc1cc(F)ncc1C. The molecule has 0 radical (unpaired) electrons. The van der Waals surface area contributed by atoms with Crippen LogP contribution in [0.3, 0.4) is 0 Å². The van der Waals surface area contributed by atoms with E-state index >= 15 is 0 Å². The Morgan fingerprint density at radius 3 is 3.06 bits per heavy atom. The molecule has 16 heavy (non-hydrogen) atoms. The highest BCUT2D eigenvalue weighted by Gasteiger charge is 1.97. The van der Waals surface area contributed by atoms with Gasteiger partial charge in [-0.15, -0.1) is 0 Å². The predicted octanol–water partition coefficient (Wildman–Crippen LogP) is 1.41. The van der Waals surface area contributed by atoms with Crippen molar-refractivity contribution in [3.8, 4) is 11.8 Å². The fourth-order valence-electron chi connectivity index (χ4n) is 1.09. The molecule has 0 spiro atoms. The summed E-state index contributed by atoms with van der Waals surface area (Å²) < 4.78 is 12.8. The zero-order chi connectivity index (χ0) is 12.0. The van der Waals surface area contributed by atoms with Crippen molar-refractivity contribution in [3.63, 3.8) is 0 Å². The number of pyridine rings is 1. The van der Waals surface area contributed by atoms with E-state index in [0.29, 0.717) is 18.5 Å². The van der Waals surface area contributed by atoms with Gasteiger partial charge in [-0.05, 0) is 12.5 Å². The first kappa shape index (κ1) is 12.2. The average Bonchev–Trinajstić information content (AvgIpc) is 2.22. The van der Waals surface area contributed by atoms with Crippen molar-refractivity contribution < 1.29 is 9.18 Å². The second-order valence-electron chi connectivity index (χ2n) is 3.36. The van der Waals surface area contributed by atoms with Crippen LogP contribution in [0, 0.1) is 24.7 Å². The van der Waals surface area contributed by atoms with Gasteiger partial charge >= 0.3 is 0 Å². The summed E-state index contributed by atoms with van der Waals surface area (Å²) in [7, 11) is 0. The van der Waals surface area contributed by atoms with E-state index in [1.54, 1.807) is 0 Å². The second-order valence-corrected chi connectivity index (χ2v) is 3.36. The highest BCUT2D eigenvalue weighted by atomic mass is 19.1. The maximum Gasteiger partial charge on any atom is 0.216 e. The van der Waals surface area contributed by atoms with E-state index in [-0.39, 0.29) is 5.91 Å². The molecule has 3 nitrogen and oxygen atoms in total. The molecule has 0 aromatic carbocycles. The lowest BCUT2D eigenvalue weighted by Crippen LogP contribution is -2.20. The minimum atomic E-state index is -0.531. The number of hydrogen-bond acceptors (Lipinski definition) is 2. The topological polar surface area (TPSA) is 42.0 Å². The molecule has 0 atom stereocenters. The van der Waals surface area contributed by atoms with Gasteiger partial charge in [-0.2, -0.15) is 4.39 Å². The summed E-state index contributed by atoms with van der Waals surface area (Å²) in [6, 6.07) is 1.31. The smallest absolute Gasteiger partial charge is 0.216 e. The van der Waals surface area contributed by atoms with Crippen molar-refractivity contribution >= 4 is 5.91 Å². The number of carbonyl (C=O) groups excluding carboxylic acids is 1. The molecule has 0 aliphatic carbocycles. The van der Waals surface area contributed by atoms with Crippen LogP contribution in [0.4, 0.5) is 4.39 Å². The maximum absolute atomic E-state index is 12.8. The lowest BCUT2D eigenvalue weighted by molar-refractivity contribution is -0.118. The van der Waals surface area contributed by atoms with Crippen molar-refractivity contribution in [1.82, 2.24) is 10.3 Å². The molecular formula is C12H13FN2O. The summed E-state index contributed by atoms with van der Waals surface area (Å²) in [6.07, 6.45) is 2.00. The molecule has 0 aliphatic heterocycles. The Morgan fingerprint density at radius 2 is 2.38 bits per heavy atom. The van der Waals surface area contributed by atoms with Crippen molar-refractivity contribution in [1.29, 1.82) is 0 Å². The van der Waals surface area contributed by atoms with Crippen molar-refractivity contribution in [2.45, 2.75) is 20.3 Å². The summed E-state index contributed by atoms with van der Waals surface area (Å²) in [5.41, 5.74) is 1.48. The van der Waals surface area contributed by atoms with E-state index in [2.05, 4.69) is 22.1 Å². The summed E-state index contributed by atoms with van der Waals surface area (Å²) in [5.74, 6) is 5.11. The Morgan fingerprint density at radius 1 is 1.62 bits per heavy atom. The molecular weight excluding hydrogens is 207 g/mol. The minimum Gasteiger partial charge on any atom is -0.355 e. The van der Waals surface area contributed by atoms with Gasteiger partial charge in [0.25, 0.3) is 0 Å². The molecule has 1 rings (SSSR count). The van der Waals surface area contributed by atoms with Crippen LogP contribution in [0.15, 0.2) is 12.3 Å². The average molecular weight is 220 g/mol. The summed E-state index contributed by atoms with van der Waals surface area (Å²) >= 11 is 0. The number of halogens is 1. The normalized spacial score (nSPS) is 9.19. The zero-order valence-electron chi connectivity index (χ0n) is 9.30. The van der Waals surface area contributed by atoms with Crippen LogP contribution >= 0.6 is 0 Å². The first-order chi connectivity index (χ1) is 7.59. The van der Waals surface area contributed by atoms with Crippen molar-refractivity contribution in [3.05, 3.63) is 29.3 Å². The molecule has 1 heterocycles. The molecule has 0 bridgehead atoms. The van der Waals surface area contributed by atoms with E-state index in [9.17, 15) is 9.18 Å². The molecule has 84 valence electrons. The van der Waals surface area contributed by atoms with Gasteiger partial charge in [-0.1, -0.05) is 11.8 Å². The van der Waals surface area contributed by atoms with E-state index in [1.165, 1.54) is 19.2 Å². The first-order valence-electron chi connectivity index (χ1n) is 4.95. The van der Waals surface area contributed by atoms with Gasteiger partial charge in [0.1, 0.15) is 0 Å². The van der Waals surface area contributed by atoms with Crippen LogP contribution in [0.5, 0.6) is 0 Å². The zero-order valence-corrected chi connectivity index (χ0v) is 9.30. The van der Waals surface area contributed by atoms with Crippen LogP contribution in [0.2, 0.25) is 0 Å². The Balaban J connectivity index is 2.56. The molecule has 1 aromatic rings. The third-order valence-electron chi connectivity index (χ3n) is 1.92. The molecule has 1 N–H and O–H groups in total. The highest BCUT2D eigenvalue weighted by Crippen LogP contribution is 2.05. The second kappa shape index (κ2) is 5.86. The van der Waals surface area contributed by atoms with Crippen molar-refractivity contribution in [2.24, 2.45) is 0 Å². The lowest BCUT2D eigenvalue weighted by atomic mass is 10.1. The monoisotopic (exact) mass is 220 g/mol. The Kier molecular flexibility index (Phi) is 4.46. The van der Waals surface area contributed by atoms with E-state index in [4.69, 9.17) is 0 Å². The molecule has 0 saturated carbocycles. The van der Waals surface area contributed by atoms with E-state index in [1.807, 2.05) is 6.92 Å². The number of nitrogens with zero attached hydrogens (tertiary/aromatic N) is 1. The molecule has 0 aliphatic rings. The fraction of sp³-hybridized carbons (Fsp3) is 0.333. The van der Waals surface area contributed by atoms with E-state index < -0.39 is 5.95 Å². The standard InChI is InChI=1S/C12H13FN2O/c1-9-8-15-12(13)7-11(9)5-3-4-6-14-10(2)16/h7-8H,4,6H2,1-2H3,(H,14,16). The molecule has 0 saturated heterocycles. The summed E-state index contributed by atoms with van der Waals surface area (Å²) in [5, 5.41) is 2.63. The Bertz CT molecular complexity index is 446. The number of aryl methyl sites for hydroxylation is 1. The van der Waals surface area contributed by atoms with Gasteiger partial charge < -0.3 is 5.32 Å². The number of carbonyl (C=O) groups is 1. The van der Waals surface area contributed by atoms with E-state index in [0.717, 1.165) is 5.56 Å². The maximum atomic E-state index is 12.8. The quantitative estimate of drug-likeness (QED) is 0.465. The van der Waals surface area contributed by atoms with Crippen LogP contribution in [-0.2, 0) is 4.79 Å². The summed E-state index contributed by atoms with van der Waals surface area (Å²) in [4.78, 5) is 14.1. The molecule has 1 aromatic heterocycles. The van der Waals surface area contributed by atoms with Crippen LogP contribution < -0.4 is 5.32 Å². The van der Waals surface area contributed by atoms with Crippen LogP contribution in [0.1, 0.15) is 24.5 Å². The largest absolute Gasteiger partial charge is 0.355 e. The van der Waals surface area contributed by atoms with Gasteiger partial charge in [-0.25, -0.2) is 4.98 Å². The Labute approximate surface area is 94.1 Å². The first-order valence-corrected chi connectivity index (χ1v) is 4.95. The minimum absolute atomic E-state index is 0.0760. The number of nitrogens with one attached hydrogen (secondary N) is 1. The molecule has 0 unspecified atom stereocenters. The van der Waals surface area contributed by atoms with Gasteiger partial charge in [0, 0.05) is 37.7 Å². The number of amides is 1. The molecule has 0 fully saturated rings. The molecule has 1 amide bonds. The van der Waals surface area contributed by atoms with Crippen LogP contribution in [0.25, 0.3) is 0 Å². The van der Waals surface area contributed by atoms with Crippen molar-refractivity contribution in [2.75, 3.05) is 6.54 Å². The number of aromatic nitrogens is 1.